The molecule has 0 N–H and O–H groups in total. The predicted octanol–water partition coefficient (Wildman–Crippen LogP) is 2.47. The molecule has 1 unspecified atom stereocenters. The molecule has 2 amide bonds. The molecule has 2 aliphatic rings. The third kappa shape index (κ3) is 3.39. The molecule has 0 saturated carbocycles. The summed E-state index contributed by atoms with van der Waals surface area (Å²) in [5, 5.41) is 9.41. The molecule has 1 fully saturated rings. The van der Waals surface area contributed by atoms with Crippen LogP contribution in [0.15, 0.2) is 41.0 Å². The zero-order valence-corrected chi connectivity index (χ0v) is 14.8. The Morgan fingerprint density at radius 1 is 1.31 bits per heavy atom. The molecule has 6 heteroatoms. The lowest BCUT2D eigenvalue weighted by molar-refractivity contribution is -0.142. The highest BCUT2D eigenvalue weighted by atomic mass is 16.5. The number of hydrogen-bond acceptors (Lipinski definition) is 5. The number of methoxy groups -OCH3 is 1. The van der Waals surface area contributed by atoms with E-state index >= 15 is 0 Å². The van der Waals surface area contributed by atoms with Gasteiger partial charge in [0.15, 0.2) is 0 Å². The van der Waals surface area contributed by atoms with Gasteiger partial charge in [-0.3, -0.25) is 14.5 Å². The molecule has 0 aromatic heterocycles. The second kappa shape index (κ2) is 7.54. The van der Waals surface area contributed by atoms with Gasteiger partial charge < -0.3 is 9.47 Å². The summed E-state index contributed by atoms with van der Waals surface area (Å²) < 4.78 is 10.7. The van der Waals surface area contributed by atoms with Crippen molar-refractivity contribution in [3.8, 4) is 11.8 Å². The van der Waals surface area contributed by atoms with Gasteiger partial charge in [-0.1, -0.05) is 12.1 Å². The molecule has 1 aromatic carbocycles. The molecule has 1 aromatic rings. The number of nitrogens with zero attached hydrogens (tertiary/aromatic N) is 2. The van der Waals surface area contributed by atoms with Gasteiger partial charge in [0.25, 0.3) is 11.8 Å². The van der Waals surface area contributed by atoms with Gasteiger partial charge in [-0.2, -0.15) is 5.26 Å². The maximum Gasteiger partial charge on any atom is 0.271 e. The Morgan fingerprint density at radius 2 is 2.04 bits per heavy atom. The van der Waals surface area contributed by atoms with Gasteiger partial charge >= 0.3 is 0 Å². The lowest BCUT2D eigenvalue weighted by Crippen LogP contribution is -2.46. The standard InChI is InChI=1S/C20H20N2O4/c1-13-17(10-14-5-7-15(25-2)8-6-14)19(23)22(20(24)18(13)11-21)12-16-4-3-9-26-16/h5-8,10,16H,3-4,9,12H2,1-2H3/b17-10+. The van der Waals surface area contributed by atoms with Crippen LogP contribution in [0.5, 0.6) is 5.75 Å². The lowest BCUT2D eigenvalue weighted by atomic mass is 9.93. The van der Waals surface area contributed by atoms with Crippen molar-refractivity contribution >= 4 is 17.9 Å². The Labute approximate surface area is 152 Å². The van der Waals surface area contributed by atoms with Crippen LogP contribution in [0, 0.1) is 11.3 Å². The van der Waals surface area contributed by atoms with Gasteiger partial charge in [0.2, 0.25) is 0 Å². The third-order valence-corrected chi connectivity index (χ3v) is 4.66. The van der Waals surface area contributed by atoms with Crippen LogP contribution < -0.4 is 4.74 Å². The van der Waals surface area contributed by atoms with E-state index in [9.17, 15) is 14.9 Å². The topological polar surface area (TPSA) is 79.6 Å². The Kier molecular flexibility index (Phi) is 5.19. The summed E-state index contributed by atoms with van der Waals surface area (Å²) in [6, 6.07) is 9.17. The van der Waals surface area contributed by atoms with Gasteiger partial charge in [-0.05, 0) is 49.1 Å². The number of ether oxygens (including phenoxy) is 2. The molecule has 2 aliphatic heterocycles. The third-order valence-electron chi connectivity index (χ3n) is 4.66. The first-order chi connectivity index (χ1) is 12.5. The predicted molar refractivity (Wildman–Crippen MR) is 95.0 cm³/mol. The average Bonchev–Trinajstić information content (AvgIpc) is 3.16. The normalized spacial score (nSPS) is 22.1. The van der Waals surface area contributed by atoms with Crippen LogP contribution in [-0.4, -0.2) is 43.1 Å². The minimum Gasteiger partial charge on any atom is -0.497 e. The summed E-state index contributed by atoms with van der Waals surface area (Å²) in [6.07, 6.45) is 3.25. The van der Waals surface area contributed by atoms with Crippen molar-refractivity contribution in [3.05, 3.63) is 46.5 Å². The molecule has 26 heavy (non-hydrogen) atoms. The quantitative estimate of drug-likeness (QED) is 0.614. The summed E-state index contributed by atoms with van der Waals surface area (Å²) in [4.78, 5) is 26.6. The Hall–Kier alpha value is -2.91. The van der Waals surface area contributed by atoms with Crippen LogP contribution in [0.1, 0.15) is 25.3 Å². The molecule has 134 valence electrons. The van der Waals surface area contributed by atoms with Gasteiger partial charge in [-0.15, -0.1) is 0 Å². The lowest BCUT2D eigenvalue weighted by Gasteiger charge is -2.29. The number of imide groups is 1. The molecule has 0 radical (unpaired) electrons. The second-order valence-corrected chi connectivity index (χ2v) is 6.30. The number of amides is 2. The number of benzene rings is 1. The second-order valence-electron chi connectivity index (χ2n) is 6.30. The van der Waals surface area contributed by atoms with Crippen LogP contribution in [0.2, 0.25) is 0 Å². The van der Waals surface area contributed by atoms with Crippen molar-refractivity contribution in [2.24, 2.45) is 0 Å². The molecule has 0 aliphatic carbocycles. The highest BCUT2D eigenvalue weighted by Crippen LogP contribution is 2.28. The maximum atomic E-state index is 12.9. The van der Waals surface area contributed by atoms with E-state index in [4.69, 9.17) is 9.47 Å². The molecule has 2 heterocycles. The number of rotatable bonds is 4. The van der Waals surface area contributed by atoms with Crippen LogP contribution in [0.25, 0.3) is 6.08 Å². The van der Waals surface area contributed by atoms with Gasteiger partial charge in [-0.25, -0.2) is 0 Å². The fourth-order valence-electron chi connectivity index (χ4n) is 3.15. The molecule has 0 spiro atoms. The zero-order valence-electron chi connectivity index (χ0n) is 14.8. The number of carbonyl (C=O) groups is 2. The van der Waals surface area contributed by atoms with E-state index in [2.05, 4.69) is 0 Å². The van der Waals surface area contributed by atoms with Crippen molar-refractivity contribution in [1.82, 2.24) is 4.90 Å². The van der Waals surface area contributed by atoms with Crippen molar-refractivity contribution < 1.29 is 19.1 Å². The highest BCUT2D eigenvalue weighted by Gasteiger charge is 2.37. The summed E-state index contributed by atoms with van der Waals surface area (Å²) in [7, 11) is 1.58. The Morgan fingerprint density at radius 3 is 2.62 bits per heavy atom. The van der Waals surface area contributed by atoms with Crippen LogP contribution in [-0.2, 0) is 14.3 Å². The minimum atomic E-state index is -0.544. The smallest absolute Gasteiger partial charge is 0.271 e. The van der Waals surface area contributed by atoms with Crippen molar-refractivity contribution in [1.29, 1.82) is 5.26 Å². The van der Waals surface area contributed by atoms with E-state index in [1.165, 1.54) is 0 Å². The van der Waals surface area contributed by atoms with Gasteiger partial charge in [0.05, 0.1) is 19.8 Å². The molecule has 0 bridgehead atoms. The SMILES string of the molecule is COc1ccc(/C=C2/C(=O)N(CC3CCCO3)C(=O)C(C#N)=C2C)cc1. The van der Waals surface area contributed by atoms with E-state index in [0.717, 1.165) is 23.3 Å². The molecule has 1 saturated heterocycles. The van der Waals surface area contributed by atoms with Crippen LogP contribution in [0.3, 0.4) is 0 Å². The first kappa shape index (κ1) is 17.9. The highest BCUT2D eigenvalue weighted by molar-refractivity contribution is 6.19. The number of hydrogen-bond donors (Lipinski definition) is 0. The van der Waals surface area contributed by atoms with E-state index < -0.39 is 11.8 Å². The van der Waals surface area contributed by atoms with E-state index in [-0.39, 0.29) is 18.2 Å². The van der Waals surface area contributed by atoms with E-state index in [1.807, 2.05) is 18.2 Å². The average molecular weight is 352 g/mol. The van der Waals surface area contributed by atoms with Crippen LogP contribution >= 0.6 is 0 Å². The van der Waals surface area contributed by atoms with Gasteiger partial charge in [0.1, 0.15) is 17.4 Å². The zero-order chi connectivity index (χ0) is 18.7. The summed E-state index contributed by atoms with van der Waals surface area (Å²) in [5.41, 5.74) is 1.55. The maximum absolute atomic E-state index is 12.9. The van der Waals surface area contributed by atoms with Crippen molar-refractivity contribution in [3.63, 3.8) is 0 Å². The molecule has 3 rings (SSSR count). The van der Waals surface area contributed by atoms with Crippen molar-refractivity contribution in [2.75, 3.05) is 20.3 Å². The molecular weight excluding hydrogens is 332 g/mol. The monoisotopic (exact) mass is 352 g/mol. The fourth-order valence-corrected chi connectivity index (χ4v) is 3.15. The van der Waals surface area contributed by atoms with Gasteiger partial charge in [0, 0.05) is 12.2 Å². The Balaban J connectivity index is 1.97. The molecule has 1 atom stereocenters. The van der Waals surface area contributed by atoms with Crippen LogP contribution in [0.4, 0.5) is 0 Å². The first-order valence-electron chi connectivity index (χ1n) is 8.50. The van der Waals surface area contributed by atoms with Crippen molar-refractivity contribution in [2.45, 2.75) is 25.9 Å². The summed E-state index contributed by atoms with van der Waals surface area (Å²) >= 11 is 0. The molecular formula is C20H20N2O4. The van der Waals surface area contributed by atoms with E-state index in [1.54, 1.807) is 32.2 Å². The first-order valence-corrected chi connectivity index (χ1v) is 8.50. The fraction of sp³-hybridized carbons (Fsp3) is 0.350. The largest absolute Gasteiger partial charge is 0.497 e. The number of carbonyl (C=O) groups excluding carboxylic acids is 2. The number of nitriles is 1. The minimum absolute atomic E-state index is 0.00218. The summed E-state index contributed by atoms with van der Waals surface area (Å²) in [5.74, 6) is -0.225. The summed E-state index contributed by atoms with van der Waals surface area (Å²) in [6.45, 7) is 2.44. The molecule has 6 nitrogen and oxygen atoms in total. The Bertz CT molecular complexity index is 824. The van der Waals surface area contributed by atoms with E-state index in [0.29, 0.717) is 23.5 Å².